The summed E-state index contributed by atoms with van der Waals surface area (Å²) in [6.07, 6.45) is 0.116. The van der Waals surface area contributed by atoms with E-state index in [1.54, 1.807) is 19.2 Å². The Bertz CT molecular complexity index is 1270. The third kappa shape index (κ3) is 3.09. The number of amides is 1. The van der Waals surface area contributed by atoms with Crippen LogP contribution in [-0.4, -0.2) is 23.0 Å². The first-order valence-electron chi connectivity index (χ1n) is 10.9. The van der Waals surface area contributed by atoms with Crippen molar-refractivity contribution in [2.24, 2.45) is 5.41 Å². The standard InChI is InChI=1S/C26H23N3O3S/c1-15(2)32-22(30)20-12-33-24(28-20)29-23(31)25(3)13-26(14-27)18-10-6-4-8-16(18)21(25)17-9-5-7-11-19(17)26/h4-12,15,21H,13H2,1-3H3,(H,28,29,31). The lowest BCUT2D eigenvalue weighted by Crippen LogP contribution is -2.53. The van der Waals surface area contributed by atoms with Crippen LogP contribution in [0.15, 0.2) is 53.9 Å². The van der Waals surface area contributed by atoms with Crippen molar-refractivity contribution < 1.29 is 14.3 Å². The zero-order valence-corrected chi connectivity index (χ0v) is 19.4. The zero-order chi connectivity index (χ0) is 23.4. The monoisotopic (exact) mass is 457 g/mol. The fraction of sp³-hybridized carbons (Fsp3) is 0.308. The molecule has 7 heteroatoms. The summed E-state index contributed by atoms with van der Waals surface area (Å²) in [5, 5.41) is 15.3. The summed E-state index contributed by atoms with van der Waals surface area (Å²) in [7, 11) is 0. The van der Waals surface area contributed by atoms with E-state index in [0.717, 1.165) is 22.3 Å². The highest BCUT2D eigenvalue weighted by atomic mass is 32.1. The van der Waals surface area contributed by atoms with Crippen LogP contribution in [-0.2, 0) is 14.9 Å². The SMILES string of the molecule is CC(C)OC(=O)c1csc(NC(=O)C2(C)CC3(C#N)c4ccccc4C2c2ccccc23)n1. The molecular weight excluding hydrogens is 434 g/mol. The van der Waals surface area contributed by atoms with Crippen LogP contribution in [0.3, 0.4) is 0 Å². The number of benzene rings is 2. The molecule has 0 radical (unpaired) electrons. The van der Waals surface area contributed by atoms with Gasteiger partial charge < -0.3 is 10.1 Å². The van der Waals surface area contributed by atoms with Gasteiger partial charge in [-0.2, -0.15) is 5.26 Å². The zero-order valence-electron chi connectivity index (χ0n) is 18.6. The molecule has 3 aromatic rings. The molecule has 1 unspecified atom stereocenters. The van der Waals surface area contributed by atoms with Crippen molar-refractivity contribution in [3.05, 3.63) is 81.9 Å². The van der Waals surface area contributed by atoms with Crippen molar-refractivity contribution in [2.75, 3.05) is 5.32 Å². The molecule has 2 aromatic carbocycles. The summed E-state index contributed by atoms with van der Waals surface area (Å²) in [5.41, 5.74) is 2.39. The van der Waals surface area contributed by atoms with Crippen LogP contribution in [0.4, 0.5) is 5.13 Å². The predicted octanol–water partition coefficient (Wildman–Crippen LogP) is 5.01. The topological polar surface area (TPSA) is 92.1 Å². The second-order valence-electron chi connectivity index (χ2n) is 9.16. The Labute approximate surface area is 196 Å². The van der Waals surface area contributed by atoms with Crippen molar-refractivity contribution in [1.29, 1.82) is 5.26 Å². The molecule has 33 heavy (non-hydrogen) atoms. The second kappa shape index (κ2) is 7.53. The van der Waals surface area contributed by atoms with Crippen molar-refractivity contribution >= 4 is 28.3 Å². The Balaban J connectivity index is 1.54. The van der Waals surface area contributed by atoms with Gasteiger partial charge in [-0.1, -0.05) is 48.5 Å². The van der Waals surface area contributed by atoms with Crippen molar-refractivity contribution in [3.8, 4) is 6.07 Å². The van der Waals surface area contributed by atoms with Gasteiger partial charge in [0.05, 0.1) is 17.6 Å². The van der Waals surface area contributed by atoms with E-state index in [1.165, 1.54) is 11.3 Å². The van der Waals surface area contributed by atoms with E-state index in [1.807, 2.05) is 55.5 Å². The molecule has 1 heterocycles. The quantitative estimate of drug-likeness (QED) is 0.556. The number of thiazole rings is 1. The molecular formula is C26H23N3O3S. The van der Waals surface area contributed by atoms with Crippen LogP contribution in [0.2, 0.25) is 0 Å². The molecule has 2 bridgehead atoms. The Hall–Kier alpha value is -3.50. The summed E-state index contributed by atoms with van der Waals surface area (Å²) in [5.74, 6) is -0.921. The number of nitriles is 1. The van der Waals surface area contributed by atoms with Crippen molar-refractivity contribution in [3.63, 3.8) is 0 Å². The summed E-state index contributed by atoms with van der Waals surface area (Å²) in [6.45, 7) is 5.46. The molecule has 3 aliphatic rings. The number of anilines is 1. The number of nitrogens with zero attached hydrogens (tertiary/aromatic N) is 2. The molecule has 6 nitrogen and oxygen atoms in total. The summed E-state index contributed by atoms with van der Waals surface area (Å²) < 4.78 is 5.19. The molecule has 0 aliphatic heterocycles. The first-order valence-corrected chi connectivity index (χ1v) is 11.8. The summed E-state index contributed by atoms with van der Waals surface area (Å²) in [4.78, 5) is 30.2. The number of nitrogens with one attached hydrogen (secondary N) is 1. The lowest BCUT2D eigenvalue weighted by Gasteiger charge is -2.54. The largest absolute Gasteiger partial charge is 0.458 e. The maximum Gasteiger partial charge on any atom is 0.358 e. The average Bonchev–Trinajstić information content (AvgIpc) is 3.27. The van der Waals surface area contributed by atoms with E-state index in [0.29, 0.717) is 11.6 Å². The number of hydrogen-bond acceptors (Lipinski definition) is 6. The average molecular weight is 458 g/mol. The number of carbonyl (C=O) groups is 2. The first-order chi connectivity index (χ1) is 15.8. The Morgan fingerprint density at radius 3 is 2.33 bits per heavy atom. The maximum atomic E-state index is 13.7. The summed E-state index contributed by atoms with van der Waals surface area (Å²) >= 11 is 1.18. The molecule has 1 aromatic heterocycles. The van der Waals surface area contributed by atoms with E-state index in [4.69, 9.17) is 4.74 Å². The fourth-order valence-electron chi connectivity index (χ4n) is 5.43. The fourth-order valence-corrected chi connectivity index (χ4v) is 6.10. The molecule has 0 saturated carbocycles. The molecule has 6 rings (SSSR count). The van der Waals surface area contributed by atoms with E-state index in [9.17, 15) is 14.9 Å². The highest BCUT2D eigenvalue weighted by Crippen LogP contribution is 2.63. The molecule has 0 spiro atoms. The van der Waals surface area contributed by atoms with Gasteiger partial charge in [-0.05, 0) is 49.4 Å². The molecule has 1 amide bonds. The third-order valence-corrected chi connectivity index (χ3v) is 7.48. The Kier molecular flexibility index (Phi) is 4.87. The van der Waals surface area contributed by atoms with Gasteiger partial charge in [0.25, 0.3) is 0 Å². The molecule has 1 N–H and O–H groups in total. The van der Waals surface area contributed by atoms with Crippen LogP contribution in [0.25, 0.3) is 0 Å². The van der Waals surface area contributed by atoms with Crippen molar-refractivity contribution in [2.45, 2.75) is 44.6 Å². The number of hydrogen-bond donors (Lipinski definition) is 1. The van der Waals surface area contributed by atoms with Gasteiger partial charge in [0, 0.05) is 11.3 Å². The molecule has 1 atom stereocenters. The summed E-state index contributed by atoms with van der Waals surface area (Å²) in [6, 6.07) is 18.5. The second-order valence-corrected chi connectivity index (χ2v) is 10.0. The van der Waals surface area contributed by atoms with Gasteiger partial charge in [-0.15, -0.1) is 11.3 Å². The molecule has 0 fully saturated rings. The third-order valence-electron chi connectivity index (χ3n) is 6.72. The van der Waals surface area contributed by atoms with Gasteiger partial charge in [0.2, 0.25) is 5.91 Å². The van der Waals surface area contributed by atoms with Crippen molar-refractivity contribution in [1.82, 2.24) is 4.98 Å². The van der Waals surface area contributed by atoms with Gasteiger partial charge in [-0.3, -0.25) is 4.79 Å². The lowest BCUT2D eigenvalue weighted by molar-refractivity contribution is -0.127. The van der Waals surface area contributed by atoms with Gasteiger partial charge in [0.1, 0.15) is 5.41 Å². The number of carbonyl (C=O) groups excluding carboxylic acids is 2. The van der Waals surface area contributed by atoms with Crippen LogP contribution < -0.4 is 5.32 Å². The number of ether oxygens (including phenoxy) is 1. The number of esters is 1. The van der Waals surface area contributed by atoms with Crippen LogP contribution in [0.5, 0.6) is 0 Å². The molecule has 3 aliphatic carbocycles. The van der Waals surface area contributed by atoms with E-state index in [-0.39, 0.29) is 23.6 Å². The minimum atomic E-state index is -0.900. The smallest absolute Gasteiger partial charge is 0.358 e. The number of aromatic nitrogens is 1. The lowest BCUT2D eigenvalue weighted by atomic mass is 9.47. The van der Waals surface area contributed by atoms with Gasteiger partial charge >= 0.3 is 5.97 Å². The van der Waals surface area contributed by atoms with Gasteiger partial charge in [-0.25, -0.2) is 9.78 Å². The Morgan fingerprint density at radius 2 is 1.76 bits per heavy atom. The molecule has 0 saturated heterocycles. The van der Waals surface area contributed by atoms with E-state index < -0.39 is 16.8 Å². The van der Waals surface area contributed by atoms with Crippen LogP contribution in [0, 0.1) is 16.7 Å². The first kappa shape index (κ1) is 21.4. The highest BCUT2D eigenvalue weighted by Gasteiger charge is 2.61. The molecule has 166 valence electrons. The number of rotatable bonds is 4. The minimum Gasteiger partial charge on any atom is -0.458 e. The normalized spacial score (nSPS) is 24.5. The Morgan fingerprint density at radius 1 is 1.15 bits per heavy atom. The van der Waals surface area contributed by atoms with E-state index >= 15 is 0 Å². The van der Waals surface area contributed by atoms with Crippen LogP contribution >= 0.6 is 11.3 Å². The van der Waals surface area contributed by atoms with E-state index in [2.05, 4.69) is 16.4 Å². The highest BCUT2D eigenvalue weighted by molar-refractivity contribution is 7.14. The van der Waals surface area contributed by atoms with Gasteiger partial charge in [0.15, 0.2) is 10.8 Å². The predicted molar refractivity (Wildman–Crippen MR) is 125 cm³/mol. The number of fused-ring (bicyclic) bond motifs is 1. The maximum absolute atomic E-state index is 13.7. The minimum absolute atomic E-state index is 0.170. The van der Waals surface area contributed by atoms with Crippen LogP contribution in [0.1, 0.15) is 65.9 Å².